The predicted octanol–water partition coefficient (Wildman–Crippen LogP) is 1.75. The lowest BCUT2D eigenvalue weighted by atomic mass is 9.97. The highest BCUT2D eigenvalue weighted by molar-refractivity contribution is 5.95. The minimum Gasteiger partial charge on any atom is -0.381 e. The van der Waals surface area contributed by atoms with Crippen molar-refractivity contribution in [2.45, 2.75) is 19.4 Å². The van der Waals surface area contributed by atoms with Crippen molar-refractivity contribution in [3.05, 3.63) is 29.8 Å². The van der Waals surface area contributed by atoms with Gasteiger partial charge in [0.1, 0.15) is 0 Å². The third kappa shape index (κ3) is 5.03. The van der Waals surface area contributed by atoms with E-state index in [0.29, 0.717) is 23.7 Å². The first-order valence-corrected chi connectivity index (χ1v) is 9.19. The molecule has 0 saturated carbocycles. The van der Waals surface area contributed by atoms with Crippen LogP contribution in [0, 0.1) is 5.92 Å². The zero-order chi connectivity index (χ0) is 18.4. The number of morpholine rings is 1. The molecule has 0 spiro atoms. The molecule has 2 aliphatic heterocycles. The summed E-state index contributed by atoms with van der Waals surface area (Å²) in [6.07, 6.45) is 1.03. The second-order valence-corrected chi connectivity index (χ2v) is 6.81. The lowest BCUT2D eigenvalue weighted by molar-refractivity contribution is 0.00222. The minimum absolute atomic E-state index is 0.00753. The van der Waals surface area contributed by atoms with Crippen molar-refractivity contribution < 1.29 is 19.1 Å². The normalized spacial score (nSPS) is 22.0. The number of ether oxygens (including phenoxy) is 2. The van der Waals surface area contributed by atoms with Gasteiger partial charge in [-0.25, -0.2) is 4.79 Å². The minimum atomic E-state index is -0.238. The van der Waals surface area contributed by atoms with E-state index in [-0.39, 0.29) is 17.9 Å². The van der Waals surface area contributed by atoms with Crippen molar-refractivity contribution in [1.29, 1.82) is 0 Å². The number of urea groups is 1. The van der Waals surface area contributed by atoms with Crippen molar-refractivity contribution in [2.75, 3.05) is 51.4 Å². The number of nitrogens with zero attached hydrogens (tertiary/aromatic N) is 1. The Morgan fingerprint density at radius 3 is 2.50 bits per heavy atom. The van der Waals surface area contributed by atoms with E-state index >= 15 is 0 Å². The maximum Gasteiger partial charge on any atom is 0.319 e. The molecule has 1 aromatic rings. The Bertz CT molecular complexity index is 608. The van der Waals surface area contributed by atoms with E-state index in [1.165, 1.54) is 6.92 Å². The van der Waals surface area contributed by atoms with Crippen LogP contribution in [0.4, 0.5) is 10.5 Å². The summed E-state index contributed by atoms with van der Waals surface area (Å²) in [5, 5.41) is 5.81. The maximum absolute atomic E-state index is 12.3. The summed E-state index contributed by atoms with van der Waals surface area (Å²) in [7, 11) is 0. The molecule has 0 aromatic heterocycles. The Labute approximate surface area is 154 Å². The summed E-state index contributed by atoms with van der Waals surface area (Å²) in [4.78, 5) is 26.0. The number of benzene rings is 1. The van der Waals surface area contributed by atoms with Crippen LogP contribution in [0.15, 0.2) is 24.3 Å². The summed E-state index contributed by atoms with van der Waals surface area (Å²) in [6, 6.07) is 6.92. The van der Waals surface area contributed by atoms with Gasteiger partial charge >= 0.3 is 6.03 Å². The quantitative estimate of drug-likeness (QED) is 0.755. The molecule has 0 bridgehead atoms. The van der Waals surface area contributed by atoms with Crippen LogP contribution in [0.1, 0.15) is 23.7 Å². The van der Waals surface area contributed by atoms with Crippen LogP contribution < -0.4 is 10.6 Å². The Morgan fingerprint density at radius 1 is 1.15 bits per heavy atom. The van der Waals surface area contributed by atoms with Crippen LogP contribution in [0.3, 0.4) is 0 Å². The first-order chi connectivity index (χ1) is 12.6. The molecule has 2 aliphatic rings. The SMILES string of the molecule is CC(=O)c1ccc(NC(=O)NC[C@H]([C@@H]2CCOC2)N2CCOCC2)cc1. The van der Waals surface area contributed by atoms with E-state index in [2.05, 4.69) is 15.5 Å². The van der Waals surface area contributed by atoms with Gasteiger partial charge in [-0.1, -0.05) is 0 Å². The molecule has 0 aliphatic carbocycles. The van der Waals surface area contributed by atoms with Crippen molar-refractivity contribution in [1.82, 2.24) is 10.2 Å². The van der Waals surface area contributed by atoms with Crippen LogP contribution >= 0.6 is 0 Å². The monoisotopic (exact) mass is 361 g/mol. The van der Waals surface area contributed by atoms with Crippen molar-refractivity contribution in [2.24, 2.45) is 5.92 Å². The van der Waals surface area contributed by atoms with Crippen LogP contribution in [-0.2, 0) is 9.47 Å². The number of amides is 2. The molecule has 0 radical (unpaired) electrons. The molecule has 7 nitrogen and oxygen atoms in total. The van der Waals surface area contributed by atoms with E-state index in [1.807, 2.05) is 0 Å². The molecule has 2 atom stereocenters. The van der Waals surface area contributed by atoms with E-state index in [9.17, 15) is 9.59 Å². The van der Waals surface area contributed by atoms with E-state index in [4.69, 9.17) is 9.47 Å². The van der Waals surface area contributed by atoms with Crippen molar-refractivity contribution >= 4 is 17.5 Å². The molecule has 0 unspecified atom stereocenters. The fourth-order valence-electron chi connectivity index (χ4n) is 3.52. The topological polar surface area (TPSA) is 79.9 Å². The molecule has 2 saturated heterocycles. The number of anilines is 1. The van der Waals surface area contributed by atoms with Gasteiger partial charge in [0.2, 0.25) is 0 Å². The zero-order valence-corrected chi connectivity index (χ0v) is 15.2. The molecule has 7 heteroatoms. The highest BCUT2D eigenvalue weighted by atomic mass is 16.5. The molecular formula is C19H27N3O4. The van der Waals surface area contributed by atoms with Gasteiger partial charge in [-0.05, 0) is 37.6 Å². The number of hydrogen-bond donors (Lipinski definition) is 2. The Balaban J connectivity index is 1.53. The first kappa shape index (κ1) is 18.8. The summed E-state index contributed by atoms with van der Waals surface area (Å²) < 4.78 is 11.0. The molecular weight excluding hydrogens is 334 g/mol. The number of ketones is 1. The van der Waals surface area contributed by atoms with Crippen LogP contribution in [0.5, 0.6) is 0 Å². The van der Waals surface area contributed by atoms with E-state index in [1.54, 1.807) is 24.3 Å². The van der Waals surface area contributed by atoms with Crippen LogP contribution in [0.2, 0.25) is 0 Å². The molecule has 2 N–H and O–H groups in total. The summed E-state index contributed by atoms with van der Waals surface area (Å²) in [6.45, 7) is 6.88. The first-order valence-electron chi connectivity index (χ1n) is 9.19. The van der Waals surface area contributed by atoms with Gasteiger partial charge in [0.15, 0.2) is 5.78 Å². The Hall–Kier alpha value is -1.96. The predicted molar refractivity (Wildman–Crippen MR) is 98.6 cm³/mol. The molecule has 2 fully saturated rings. The Kier molecular flexibility index (Phi) is 6.60. The number of carbonyl (C=O) groups excluding carboxylic acids is 2. The third-order valence-corrected chi connectivity index (χ3v) is 5.04. The van der Waals surface area contributed by atoms with Gasteiger partial charge in [0.25, 0.3) is 0 Å². The average molecular weight is 361 g/mol. The van der Waals surface area contributed by atoms with Crippen molar-refractivity contribution in [3.63, 3.8) is 0 Å². The highest BCUT2D eigenvalue weighted by Crippen LogP contribution is 2.22. The third-order valence-electron chi connectivity index (χ3n) is 5.04. The second kappa shape index (κ2) is 9.12. The van der Waals surface area contributed by atoms with Gasteiger partial charge in [-0.3, -0.25) is 9.69 Å². The highest BCUT2D eigenvalue weighted by Gasteiger charge is 2.31. The Morgan fingerprint density at radius 2 is 1.88 bits per heavy atom. The lowest BCUT2D eigenvalue weighted by Gasteiger charge is -2.37. The van der Waals surface area contributed by atoms with Gasteiger partial charge in [-0.2, -0.15) is 0 Å². The second-order valence-electron chi connectivity index (χ2n) is 6.81. The van der Waals surface area contributed by atoms with Gasteiger partial charge < -0.3 is 20.1 Å². The summed E-state index contributed by atoms with van der Waals surface area (Å²) in [5.41, 5.74) is 1.30. The number of carbonyl (C=O) groups is 2. The van der Waals surface area contributed by atoms with Crippen molar-refractivity contribution in [3.8, 4) is 0 Å². The number of Topliss-reactive ketones (excluding diaryl/α,β-unsaturated/α-hetero) is 1. The van der Waals surface area contributed by atoms with E-state index in [0.717, 1.165) is 45.9 Å². The number of rotatable bonds is 6. The summed E-state index contributed by atoms with van der Waals surface area (Å²) >= 11 is 0. The molecule has 142 valence electrons. The van der Waals surface area contributed by atoms with E-state index < -0.39 is 0 Å². The standard InChI is InChI=1S/C19H27N3O4/c1-14(23)15-2-4-17(5-3-15)21-19(24)20-12-18(16-6-9-26-13-16)22-7-10-25-11-8-22/h2-5,16,18H,6-13H2,1H3,(H2,20,21,24)/t16-,18-/m1/s1. The van der Waals surface area contributed by atoms with Gasteiger partial charge in [-0.15, -0.1) is 0 Å². The molecule has 3 rings (SSSR count). The van der Waals surface area contributed by atoms with Gasteiger partial charge in [0.05, 0.1) is 19.8 Å². The zero-order valence-electron chi connectivity index (χ0n) is 15.2. The lowest BCUT2D eigenvalue weighted by Crippen LogP contribution is -2.52. The molecule has 26 heavy (non-hydrogen) atoms. The largest absolute Gasteiger partial charge is 0.381 e. The molecule has 1 aromatic carbocycles. The van der Waals surface area contributed by atoms with Gasteiger partial charge in [0, 0.05) is 49.5 Å². The molecule has 2 heterocycles. The maximum atomic E-state index is 12.3. The fourth-order valence-corrected chi connectivity index (χ4v) is 3.52. The smallest absolute Gasteiger partial charge is 0.319 e. The number of nitrogens with one attached hydrogen (secondary N) is 2. The molecule has 2 amide bonds. The number of hydrogen-bond acceptors (Lipinski definition) is 5. The van der Waals surface area contributed by atoms with Crippen LogP contribution in [-0.4, -0.2) is 68.8 Å². The fraction of sp³-hybridized carbons (Fsp3) is 0.579. The summed E-state index contributed by atoms with van der Waals surface area (Å²) in [5.74, 6) is 0.441. The average Bonchev–Trinajstić information content (AvgIpc) is 3.17. The van der Waals surface area contributed by atoms with Crippen LogP contribution in [0.25, 0.3) is 0 Å².